The van der Waals surface area contributed by atoms with Crippen molar-refractivity contribution in [3.63, 3.8) is 0 Å². The molecule has 0 aliphatic heterocycles. The summed E-state index contributed by atoms with van der Waals surface area (Å²) in [5, 5.41) is 0. The smallest absolute Gasteiger partial charge is 0.264 e. The van der Waals surface area contributed by atoms with Gasteiger partial charge in [-0.2, -0.15) is 0 Å². The summed E-state index contributed by atoms with van der Waals surface area (Å²) in [6, 6.07) is 7.98. The van der Waals surface area contributed by atoms with Crippen LogP contribution in [0.5, 0.6) is 5.75 Å². The van der Waals surface area contributed by atoms with E-state index >= 15 is 0 Å². The molecule has 0 saturated carbocycles. The standard InChI is InChI=1S/C13H12BrFN2O3S/c1-20-12-7-9(15)3-5-11(12)17-21(18,19)13-6-8(14)2-4-10(13)16/h2-7,17H,16H2,1H3. The molecule has 0 spiro atoms. The van der Waals surface area contributed by atoms with Gasteiger partial charge < -0.3 is 10.5 Å². The van der Waals surface area contributed by atoms with Crippen LogP contribution in [0.25, 0.3) is 0 Å². The van der Waals surface area contributed by atoms with E-state index in [0.717, 1.165) is 12.1 Å². The zero-order chi connectivity index (χ0) is 15.6. The number of halogens is 2. The van der Waals surface area contributed by atoms with Crippen LogP contribution in [0.3, 0.4) is 0 Å². The second-order valence-corrected chi connectivity index (χ2v) is 6.70. The van der Waals surface area contributed by atoms with Crippen molar-refractivity contribution in [1.82, 2.24) is 0 Å². The van der Waals surface area contributed by atoms with Crippen molar-refractivity contribution >= 4 is 37.3 Å². The number of nitrogen functional groups attached to an aromatic ring is 1. The van der Waals surface area contributed by atoms with Crippen molar-refractivity contribution < 1.29 is 17.5 Å². The lowest BCUT2D eigenvalue weighted by molar-refractivity contribution is 0.413. The first-order valence-corrected chi connectivity index (χ1v) is 8.02. The highest BCUT2D eigenvalue weighted by molar-refractivity contribution is 9.10. The van der Waals surface area contributed by atoms with Crippen molar-refractivity contribution in [3.8, 4) is 5.75 Å². The van der Waals surface area contributed by atoms with E-state index in [2.05, 4.69) is 20.7 Å². The lowest BCUT2D eigenvalue weighted by Gasteiger charge is -2.13. The molecule has 0 aromatic heterocycles. The summed E-state index contributed by atoms with van der Waals surface area (Å²) < 4.78 is 45.7. The summed E-state index contributed by atoms with van der Waals surface area (Å²) in [6.45, 7) is 0. The molecule has 112 valence electrons. The van der Waals surface area contributed by atoms with Crippen molar-refractivity contribution in [2.45, 2.75) is 4.90 Å². The highest BCUT2D eigenvalue weighted by Crippen LogP contribution is 2.30. The summed E-state index contributed by atoms with van der Waals surface area (Å²) in [5.41, 5.74) is 5.92. The van der Waals surface area contributed by atoms with Gasteiger partial charge >= 0.3 is 0 Å². The third-order valence-electron chi connectivity index (χ3n) is 2.67. The quantitative estimate of drug-likeness (QED) is 0.806. The number of nitrogens with two attached hydrogens (primary N) is 1. The van der Waals surface area contributed by atoms with Crippen LogP contribution < -0.4 is 15.2 Å². The first-order chi connectivity index (χ1) is 9.83. The fourth-order valence-electron chi connectivity index (χ4n) is 1.69. The number of anilines is 2. The molecule has 0 radical (unpaired) electrons. The molecule has 0 saturated heterocycles. The molecular weight excluding hydrogens is 363 g/mol. The van der Waals surface area contributed by atoms with Crippen LogP contribution in [0.4, 0.5) is 15.8 Å². The van der Waals surface area contributed by atoms with Gasteiger partial charge in [0, 0.05) is 10.5 Å². The average molecular weight is 375 g/mol. The largest absolute Gasteiger partial charge is 0.494 e. The summed E-state index contributed by atoms with van der Waals surface area (Å²) in [6.07, 6.45) is 0. The molecule has 0 bridgehead atoms. The minimum atomic E-state index is -3.92. The summed E-state index contributed by atoms with van der Waals surface area (Å²) >= 11 is 3.19. The molecule has 21 heavy (non-hydrogen) atoms. The van der Waals surface area contributed by atoms with E-state index in [1.165, 1.54) is 25.3 Å². The van der Waals surface area contributed by atoms with Crippen LogP contribution in [0, 0.1) is 5.82 Å². The zero-order valence-corrected chi connectivity index (χ0v) is 13.3. The molecule has 0 atom stereocenters. The number of rotatable bonds is 4. The van der Waals surface area contributed by atoms with Crippen LogP contribution in [-0.4, -0.2) is 15.5 Å². The van der Waals surface area contributed by atoms with Gasteiger partial charge in [0.05, 0.1) is 18.5 Å². The highest BCUT2D eigenvalue weighted by Gasteiger charge is 2.20. The van der Waals surface area contributed by atoms with E-state index in [0.29, 0.717) is 4.47 Å². The molecule has 0 fully saturated rings. The predicted octanol–water partition coefficient (Wildman–Crippen LogP) is 2.98. The number of methoxy groups -OCH3 is 1. The molecule has 3 N–H and O–H groups in total. The fourth-order valence-corrected chi connectivity index (χ4v) is 3.43. The Labute approximate surface area is 130 Å². The number of sulfonamides is 1. The topological polar surface area (TPSA) is 81.4 Å². The Hall–Kier alpha value is -1.80. The third-order valence-corrected chi connectivity index (χ3v) is 4.59. The fraction of sp³-hybridized carbons (Fsp3) is 0.0769. The van der Waals surface area contributed by atoms with Gasteiger partial charge in [0.2, 0.25) is 0 Å². The molecule has 2 rings (SSSR count). The second kappa shape index (κ2) is 5.90. The Morgan fingerprint density at radius 1 is 1.24 bits per heavy atom. The van der Waals surface area contributed by atoms with Crippen molar-refractivity contribution in [2.24, 2.45) is 0 Å². The Bertz CT molecular complexity index is 781. The Morgan fingerprint density at radius 3 is 2.62 bits per heavy atom. The lowest BCUT2D eigenvalue weighted by atomic mass is 10.3. The van der Waals surface area contributed by atoms with Gasteiger partial charge in [0.1, 0.15) is 16.5 Å². The molecule has 2 aromatic carbocycles. The van der Waals surface area contributed by atoms with Gasteiger partial charge in [-0.05, 0) is 30.3 Å². The summed E-state index contributed by atoms with van der Waals surface area (Å²) in [5.74, 6) is -0.455. The minimum Gasteiger partial charge on any atom is -0.494 e. The van der Waals surface area contributed by atoms with Gasteiger partial charge in [0.25, 0.3) is 10.0 Å². The minimum absolute atomic E-state index is 0.0761. The number of hydrogen-bond acceptors (Lipinski definition) is 4. The maximum Gasteiger partial charge on any atom is 0.264 e. The number of hydrogen-bond donors (Lipinski definition) is 2. The number of ether oxygens (including phenoxy) is 1. The van der Waals surface area contributed by atoms with E-state index < -0.39 is 15.8 Å². The van der Waals surface area contributed by atoms with E-state index in [1.807, 2.05) is 0 Å². The maximum absolute atomic E-state index is 13.1. The molecular formula is C13H12BrFN2O3S. The summed E-state index contributed by atoms with van der Waals surface area (Å²) in [7, 11) is -2.60. The molecule has 0 aliphatic rings. The van der Waals surface area contributed by atoms with E-state index in [1.54, 1.807) is 6.07 Å². The maximum atomic E-state index is 13.1. The van der Waals surface area contributed by atoms with Gasteiger partial charge in [-0.3, -0.25) is 4.72 Å². The molecule has 0 unspecified atom stereocenters. The highest BCUT2D eigenvalue weighted by atomic mass is 79.9. The van der Waals surface area contributed by atoms with Gasteiger partial charge in [-0.25, -0.2) is 12.8 Å². The SMILES string of the molecule is COc1cc(F)ccc1NS(=O)(=O)c1cc(Br)ccc1N. The second-order valence-electron chi connectivity index (χ2n) is 4.13. The molecule has 2 aromatic rings. The van der Waals surface area contributed by atoms with Crippen LogP contribution in [0.1, 0.15) is 0 Å². The molecule has 0 heterocycles. The van der Waals surface area contributed by atoms with E-state index in [4.69, 9.17) is 10.5 Å². The van der Waals surface area contributed by atoms with Crippen LogP contribution in [0.15, 0.2) is 45.8 Å². The monoisotopic (exact) mass is 374 g/mol. The number of nitrogens with one attached hydrogen (secondary N) is 1. The van der Waals surface area contributed by atoms with Crippen molar-refractivity contribution in [1.29, 1.82) is 0 Å². The van der Waals surface area contributed by atoms with Gasteiger partial charge in [0.15, 0.2) is 0 Å². The van der Waals surface area contributed by atoms with Gasteiger partial charge in [-0.1, -0.05) is 15.9 Å². The zero-order valence-electron chi connectivity index (χ0n) is 10.9. The Balaban J connectivity index is 2.45. The Kier molecular flexibility index (Phi) is 4.38. The third kappa shape index (κ3) is 3.45. The average Bonchev–Trinajstić information content (AvgIpc) is 2.43. The Morgan fingerprint density at radius 2 is 1.95 bits per heavy atom. The first-order valence-electron chi connectivity index (χ1n) is 5.75. The van der Waals surface area contributed by atoms with E-state index in [9.17, 15) is 12.8 Å². The molecule has 0 amide bonds. The first kappa shape index (κ1) is 15.6. The van der Waals surface area contributed by atoms with Crippen LogP contribution in [0.2, 0.25) is 0 Å². The summed E-state index contributed by atoms with van der Waals surface area (Å²) in [4.78, 5) is -0.0803. The van der Waals surface area contributed by atoms with Crippen molar-refractivity contribution in [3.05, 3.63) is 46.7 Å². The molecule has 0 aliphatic carbocycles. The van der Waals surface area contributed by atoms with Crippen LogP contribution in [-0.2, 0) is 10.0 Å². The van der Waals surface area contributed by atoms with Crippen molar-refractivity contribution in [2.75, 3.05) is 17.6 Å². The number of benzene rings is 2. The molecule has 5 nitrogen and oxygen atoms in total. The van der Waals surface area contributed by atoms with E-state index in [-0.39, 0.29) is 22.0 Å². The van der Waals surface area contributed by atoms with Gasteiger partial charge in [-0.15, -0.1) is 0 Å². The normalized spacial score (nSPS) is 11.2. The lowest BCUT2D eigenvalue weighted by Crippen LogP contribution is -2.15. The molecule has 8 heteroatoms. The van der Waals surface area contributed by atoms with Crippen LogP contribution >= 0.6 is 15.9 Å². The predicted molar refractivity (Wildman–Crippen MR) is 82.3 cm³/mol.